The lowest BCUT2D eigenvalue weighted by Crippen LogP contribution is -2.23. The standard InChI is InChI=1S/C16H19N9O4/c1-24(2)8-10-12(19-23-25(10)15-14(17)21-29-22-15)16(27)20-18-7-9-5-4-6-11(28-3)13(9)26/h4-7,26H,8H2,1-3H3,(H2,17,21)(H,20,27)/b18-7-. The van der Waals surface area contributed by atoms with Gasteiger partial charge in [0, 0.05) is 12.1 Å². The molecule has 0 aliphatic carbocycles. The van der Waals surface area contributed by atoms with Gasteiger partial charge in [-0.3, -0.25) is 4.79 Å². The number of nitrogens with one attached hydrogen (secondary N) is 1. The fraction of sp³-hybridized carbons (Fsp3) is 0.250. The molecule has 1 aromatic carbocycles. The Morgan fingerprint density at radius 3 is 2.90 bits per heavy atom. The molecule has 0 atom stereocenters. The van der Waals surface area contributed by atoms with E-state index in [4.69, 9.17) is 10.5 Å². The highest BCUT2D eigenvalue weighted by Gasteiger charge is 2.24. The molecule has 0 aliphatic heterocycles. The van der Waals surface area contributed by atoms with Crippen molar-refractivity contribution in [1.29, 1.82) is 0 Å². The first-order chi connectivity index (χ1) is 13.9. The Balaban J connectivity index is 1.84. The maximum absolute atomic E-state index is 12.6. The van der Waals surface area contributed by atoms with E-state index in [1.807, 2.05) is 19.0 Å². The molecule has 1 amide bonds. The number of phenolic OH excluding ortho intramolecular Hbond substituents is 1. The van der Waals surface area contributed by atoms with Gasteiger partial charge in [0.05, 0.1) is 19.0 Å². The highest BCUT2D eigenvalue weighted by molar-refractivity contribution is 5.94. The Labute approximate surface area is 164 Å². The zero-order valence-corrected chi connectivity index (χ0v) is 15.9. The molecule has 0 saturated carbocycles. The number of hydrazone groups is 1. The largest absolute Gasteiger partial charge is 0.504 e. The molecule has 3 aromatic rings. The molecular weight excluding hydrogens is 382 g/mol. The van der Waals surface area contributed by atoms with Crippen LogP contribution in [-0.4, -0.2) is 68.6 Å². The number of hydrogen-bond donors (Lipinski definition) is 3. The van der Waals surface area contributed by atoms with E-state index in [0.717, 1.165) is 0 Å². The number of nitrogen functional groups attached to an aromatic ring is 1. The van der Waals surface area contributed by atoms with Crippen LogP contribution in [0.25, 0.3) is 5.82 Å². The maximum atomic E-state index is 12.6. The zero-order chi connectivity index (χ0) is 21.0. The van der Waals surface area contributed by atoms with Crippen molar-refractivity contribution in [2.45, 2.75) is 6.54 Å². The summed E-state index contributed by atoms with van der Waals surface area (Å²) in [6.45, 7) is 0.308. The number of phenols is 1. The number of anilines is 1. The molecule has 29 heavy (non-hydrogen) atoms. The summed E-state index contributed by atoms with van der Waals surface area (Å²) in [6.07, 6.45) is 1.28. The third kappa shape index (κ3) is 4.14. The highest BCUT2D eigenvalue weighted by Crippen LogP contribution is 2.27. The van der Waals surface area contributed by atoms with Crippen LogP contribution >= 0.6 is 0 Å². The van der Waals surface area contributed by atoms with Crippen LogP contribution in [0.2, 0.25) is 0 Å². The van der Waals surface area contributed by atoms with E-state index in [1.165, 1.54) is 18.0 Å². The quantitative estimate of drug-likeness (QED) is 0.355. The number of amides is 1. The van der Waals surface area contributed by atoms with Gasteiger partial charge in [-0.2, -0.15) is 9.78 Å². The average Bonchev–Trinajstić information content (AvgIpc) is 3.28. The lowest BCUT2D eigenvalue weighted by Gasteiger charge is -2.11. The topological polar surface area (TPSA) is 170 Å². The molecule has 3 rings (SSSR count). The van der Waals surface area contributed by atoms with E-state index in [2.05, 4.69) is 35.8 Å². The van der Waals surface area contributed by atoms with Gasteiger partial charge in [-0.15, -0.1) is 5.10 Å². The molecule has 0 spiro atoms. The van der Waals surface area contributed by atoms with Gasteiger partial charge in [0.25, 0.3) is 5.91 Å². The second-order valence-corrected chi connectivity index (χ2v) is 6.10. The number of para-hydroxylation sites is 1. The second-order valence-electron chi connectivity index (χ2n) is 6.10. The lowest BCUT2D eigenvalue weighted by atomic mass is 10.2. The average molecular weight is 401 g/mol. The zero-order valence-electron chi connectivity index (χ0n) is 15.9. The van der Waals surface area contributed by atoms with E-state index in [1.54, 1.807) is 18.2 Å². The minimum Gasteiger partial charge on any atom is -0.504 e. The van der Waals surface area contributed by atoms with Crippen LogP contribution in [0.15, 0.2) is 27.9 Å². The van der Waals surface area contributed by atoms with Crippen LogP contribution in [-0.2, 0) is 6.54 Å². The van der Waals surface area contributed by atoms with Gasteiger partial charge in [0.15, 0.2) is 17.2 Å². The van der Waals surface area contributed by atoms with Crippen LogP contribution in [0.5, 0.6) is 11.5 Å². The van der Waals surface area contributed by atoms with E-state index < -0.39 is 5.91 Å². The fourth-order valence-electron chi connectivity index (χ4n) is 2.45. The minimum absolute atomic E-state index is 0.00776. The van der Waals surface area contributed by atoms with Gasteiger partial charge >= 0.3 is 0 Å². The predicted molar refractivity (Wildman–Crippen MR) is 101 cm³/mol. The van der Waals surface area contributed by atoms with Crippen molar-refractivity contribution in [2.75, 3.05) is 26.9 Å². The summed E-state index contributed by atoms with van der Waals surface area (Å²) >= 11 is 0. The van der Waals surface area contributed by atoms with Gasteiger partial charge in [-0.05, 0) is 36.5 Å². The summed E-state index contributed by atoms with van der Waals surface area (Å²) in [5, 5.41) is 28.9. The Hall–Kier alpha value is -4.00. The van der Waals surface area contributed by atoms with Crippen LogP contribution in [0.4, 0.5) is 5.82 Å². The number of carbonyl (C=O) groups is 1. The SMILES string of the molecule is COc1cccc(/C=N\NC(=O)c2nnn(-c3nonc3N)c2CN(C)C)c1O. The molecular formula is C16H19N9O4. The van der Waals surface area contributed by atoms with Crippen molar-refractivity contribution >= 4 is 17.9 Å². The summed E-state index contributed by atoms with van der Waals surface area (Å²) in [6, 6.07) is 4.89. The number of methoxy groups -OCH3 is 1. The van der Waals surface area contributed by atoms with Gasteiger partial charge < -0.3 is 20.5 Å². The normalized spacial score (nSPS) is 11.3. The Bertz CT molecular complexity index is 1040. The van der Waals surface area contributed by atoms with E-state index in [0.29, 0.717) is 17.8 Å². The molecule has 0 radical (unpaired) electrons. The molecule has 0 aliphatic rings. The first-order valence-corrected chi connectivity index (χ1v) is 8.29. The summed E-state index contributed by atoms with van der Waals surface area (Å²) in [7, 11) is 5.06. The van der Waals surface area contributed by atoms with Crippen molar-refractivity contribution in [3.8, 4) is 17.3 Å². The number of hydrogen-bond acceptors (Lipinski definition) is 11. The molecule has 4 N–H and O–H groups in total. The van der Waals surface area contributed by atoms with Crippen molar-refractivity contribution in [3.05, 3.63) is 35.2 Å². The Kier molecular flexibility index (Phi) is 5.69. The third-order valence-electron chi connectivity index (χ3n) is 3.76. The molecule has 13 heteroatoms. The van der Waals surface area contributed by atoms with Gasteiger partial charge in [0.1, 0.15) is 0 Å². The van der Waals surface area contributed by atoms with E-state index >= 15 is 0 Å². The number of aromatic hydroxyl groups is 1. The van der Waals surface area contributed by atoms with Crippen LogP contribution in [0, 0.1) is 0 Å². The summed E-state index contributed by atoms with van der Waals surface area (Å²) in [4.78, 5) is 14.4. The van der Waals surface area contributed by atoms with Crippen LogP contribution < -0.4 is 15.9 Å². The number of benzene rings is 1. The molecule has 13 nitrogen and oxygen atoms in total. The molecule has 0 saturated heterocycles. The third-order valence-corrected chi connectivity index (χ3v) is 3.76. The first-order valence-electron chi connectivity index (χ1n) is 8.29. The second kappa shape index (κ2) is 8.35. The monoisotopic (exact) mass is 401 g/mol. The Morgan fingerprint density at radius 1 is 1.45 bits per heavy atom. The summed E-state index contributed by atoms with van der Waals surface area (Å²) in [5.41, 5.74) is 8.86. The number of carbonyl (C=O) groups excluding carboxylic acids is 1. The van der Waals surface area contributed by atoms with E-state index in [-0.39, 0.29) is 28.8 Å². The molecule has 152 valence electrons. The van der Waals surface area contributed by atoms with E-state index in [9.17, 15) is 9.90 Å². The molecule has 0 unspecified atom stereocenters. The molecule has 2 heterocycles. The smallest absolute Gasteiger partial charge is 0.293 e. The minimum atomic E-state index is -0.609. The van der Waals surface area contributed by atoms with Gasteiger partial charge in [0.2, 0.25) is 11.6 Å². The molecule has 0 bridgehead atoms. The molecule has 2 aromatic heterocycles. The number of nitrogens with two attached hydrogens (primary N) is 1. The van der Waals surface area contributed by atoms with Crippen molar-refractivity contribution in [2.24, 2.45) is 5.10 Å². The number of ether oxygens (including phenoxy) is 1. The number of rotatable bonds is 7. The summed E-state index contributed by atoms with van der Waals surface area (Å²) in [5.74, 6) is -0.287. The van der Waals surface area contributed by atoms with Crippen molar-refractivity contribution < 1.29 is 19.3 Å². The van der Waals surface area contributed by atoms with Crippen molar-refractivity contribution in [3.63, 3.8) is 0 Å². The van der Waals surface area contributed by atoms with Crippen LogP contribution in [0.1, 0.15) is 21.7 Å². The predicted octanol–water partition coefficient (Wildman–Crippen LogP) is -0.228. The molecule has 0 fully saturated rings. The fourth-order valence-corrected chi connectivity index (χ4v) is 2.45. The van der Waals surface area contributed by atoms with Crippen molar-refractivity contribution in [1.82, 2.24) is 35.6 Å². The maximum Gasteiger partial charge on any atom is 0.293 e. The van der Waals surface area contributed by atoms with Crippen LogP contribution in [0.3, 0.4) is 0 Å². The van der Waals surface area contributed by atoms with Gasteiger partial charge in [-0.1, -0.05) is 11.3 Å². The summed E-state index contributed by atoms with van der Waals surface area (Å²) < 4.78 is 10.9. The lowest BCUT2D eigenvalue weighted by molar-refractivity contribution is 0.0948. The first kappa shape index (κ1) is 19.8. The number of aromatic nitrogens is 5. The Morgan fingerprint density at radius 2 is 2.24 bits per heavy atom. The highest BCUT2D eigenvalue weighted by atomic mass is 16.6. The number of nitrogens with zero attached hydrogens (tertiary/aromatic N) is 7. The van der Waals surface area contributed by atoms with Gasteiger partial charge in [-0.25, -0.2) is 10.1 Å².